The predicted octanol–water partition coefficient (Wildman–Crippen LogP) is 5.17. The highest BCUT2D eigenvalue weighted by molar-refractivity contribution is 6.05. The van der Waals surface area contributed by atoms with Gasteiger partial charge in [0.25, 0.3) is 5.91 Å². The molecule has 1 amide bonds. The second-order valence-electron chi connectivity index (χ2n) is 6.74. The van der Waals surface area contributed by atoms with Gasteiger partial charge in [-0.25, -0.2) is 0 Å². The quantitative estimate of drug-likeness (QED) is 0.608. The van der Waals surface area contributed by atoms with E-state index >= 15 is 0 Å². The van der Waals surface area contributed by atoms with Gasteiger partial charge in [0, 0.05) is 22.6 Å². The van der Waals surface area contributed by atoms with Crippen LogP contribution >= 0.6 is 0 Å². The number of alkyl halides is 3. The van der Waals surface area contributed by atoms with E-state index in [9.17, 15) is 23.1 Å². The summed E-state index contributed by atoms with van der Waals surface area (Å²) in [4.78, 5) is 12.3. The Labute approximate surface area is 155 Å². The van der Waals surface area contributed by atoms with Crippen molar-refractivity contribution in [2.75, 3.05) is 10.6 Å². The van der Waals surface area contributed by atoms with Crippen molar-refractivity contribution in [3.05, 3.63) is 53.6 Å². The van der Waals surface area contributed by atoms with Gasteiger partial charge in [0.2, 0.25) is 0 Å². The highest BCUT2D eigenvalue weighted by Crippen LogP contribution is 2.41. The molecule has 1 aliphatic heterocycles. The zero-order valence-electron chi connectivity index (χ0n) is 14.9. The third-order valence-corrected chi connectivity index (χ3v) is 4.71. The molecule has 0 bridgehead atoms. The lowest BCUT2D eigenvalue weighted by Gasteiger charge is -2.21. The van der Waals surface area contributed by atoms with Gasteiger partial charge in [-0.2, -0.15) is 13.2 Å². The molecule has 2 aromatic rings. The van der Waals surface area contributed by atoms with Crippen molar-refractivity contribution in [3.8, 4) is 0 Å². The molecular formula is C20H21F3N2O2. The molecule has 144 valence electrons. The fourth-order valence-electron chi connectivity index (χ4n) is 3.24. The van der Waals surface area contributed by atoms with Crippen LogP contribution in [0.15, 0.2) is 42.5 Å². The lowest BCUT2D eigenvalue weighted by molar-refractivity contribution is -0.137. The van der Waals surface area contributed by atoms with E-state index < -0.39 is 23.2 Å². The summed E-state index contributed by atoms with van der Waals surface area (Å²) in [5.41, 5.74) is -0.624. The Hall–Kier alpha value is -2.54. The zero-order valence-corrected chi connectivity index (χ0v) is 14.9. The van der Waals surface area contributed by atoms with Gasteiger partial charge in [0.05, 0.1) is 5.56 Å². The molecule has 0 fully saturated rings. The molecule has 1 aliphatic rings. The normalized spacial score (nSPS) is 18.9. The van der Waals surface area contributed by atoms with E-state index in [0.29, 0.717) is 29.8 Å². The molecule has 0 aromatic heterocycles. The van der Waals surface area contributed by atoms with Crippen molar-refractivity contribution in [2.45, 2.75) is 44.4 Å². The molecule has 1 heterocycles. The molecule has 2 aromatic carbocycles. The predicted molar refractivity (Wildman–Crippen MR) is 97.8 cm³/mol. The monoisotopic (exact) mass is 378 g/mol. The van der Waals surface area contributed by atoms with E-state index in [4.69, 9.17) is 0 Å². The molecule has 0 radical (unpaired) electrons. The number of amides is 1. The maximum Gasteiger partial charge on any atom is 0.416 e. The Bertz CT molecular complexity index is 851. The minimum Gasteiger partial charge on any atom is -0.375 e. The molecule has 1 unspecified atom stereocenters. The van der Waals surface area contributed by atoms with Gasteiger partial charge in [0.15, 0.2) is 5.60 Å². The van der Waals surface area contributed by atoms with Crippen LogP contribution in [0.4, 0.5) is 30.2 Å². The largest absolute Gasteiger partial charge is 0.416 e. The van der Waals surface area contributed by atoms with Crippen LogP contribution in [0, 0.1) is 0 Å². The average Bonchev–Trinajstić information content (AvgIpc) is 2.86. The van der Waals surface area contributed by atoms with Gasteiger partial charge < -0.3 is 15.7 Å². The van der Waals surface area contributed by atoms with Gasteiger partial charge in [-0.15, -0.1) is 0 Å². The zero-order chi connectivity index (χ0) is 19.7. The highest BCUT2D eigenvalue weighted by Gasteiger charge is 2.44. The number of unbranched alkanes of at least 4 members (excludes halogenated alkanes) is 2. The van der Waals surface area contributed by atoms with Crippen LogP contribution in [0.5, 0.6) is 0 Å². The van der Waals surface area contributed by atoms with Crippen LogP contribution in [0.25, 0.3) is 0 Å². The van der Waals surface area contributed by atoms with E-state index in [2.05, 4.69) is 10.6 Å². The molecule has 27 heavy (non-hydrogen) atoms. The first-order chi connectivity index (χ1) is 12.7. The summed E-state index contributed by atoms with van der Waals surface area (Å²) >= 11 is 0. The fraction of sp³-hybridized carbons (Fsp3) is 0.350. The number of carbonyl (C=O) groups is 1. The molecule has 0 aliphatic carbocycles. The van der Waals surface area contributed by atoms with Gasteiger partial charge in [-0.05, 0) is 49.2 Å². The first-order valence-electron chi connectivity index (χ1n) is 8.86. The molecule has 3 rings (SSSR count). The van der Waals surface area contributed by atoms with Crippen molar-refractivity contribution in [3.63, 3.8) is 0 Å². The first-order valence-corrected chi connectivity index (χ1v) is 8.86. The average molecular weight is 378 g/mol. The maximum atomic E-state index is 12.9. The van der Waals surface area contributed by atoms with Crippen molar-refractivity contribution >= 4 is 23.0 Å². The summed E-state index contributed by atoms with van der Waals surface area (Å²) in [5, 5.41) is 16.5. The minimum absolute atomic E-state index is 0.275. The number of halogens is 3. The Kier molecular flexibility index (Phi) is 5.15. The maximum absolute atomic E-state index is 12.9. The molecular weight excluding hydrogens is 357 g/mol. The Balaban J connectivity index is 1.86. The summed E-state index contributed by atoms with van der Waals surface area (Å²) in [6.07, 6.45) is -1.57. The molecule has 3 N–H and O–H groups in total. The number of fused-ring (bicyclic) bond motifs is 1. The van der Waals surface area contributed by atoms with E-state index in [-0.39, 0.29) is 5.69 Å². The lowest BCUT2D eigenvalue weighted by atomic mass is 9.89. The number of carbonyl (C=O) groups excluding carboxylic acids is 1. The third kappa shape index (κ3) is 3.93. The molecule has 1 atom stereocenters. The van der Waals surface area contributed by atoms with Crippen LogP contribution in [-0.4, -0.2) is 11.0 Å². The highest BCUT2D eigenvalue weighted by atomic mass is 19.4. The van der Waals surface area contributed by atoms with Crippen LogP contribution in [0.1, 0.15) is 43.7 Å². The molecule has 7 heteroatoms. The van der Waals surface area contributed by atoms with Crippen molar-refractivity contribution in [2.24, 2.45) is 0 Å². The number of benzene rings is 2. The molecule has 0 spiro atoms. The number of hydrogen-bond donors (Lipinski definition) is 3. The summed E-state index contributed by atoms with van der Waals surface area (Å²) in [6.45, 7) is 2.03. The van der Waals surface area contributed by atoms with Gasteiger partial charge >= 0.3 is 6.18 Å². The Morgan fingerprint density at radius 2 is 1.85 bits per heavy atom. The Morgan fingerprint density at radius 1 is 1.11 bits per heavy atom. The van der Waals surface area contributed by atoms with Crippen molar-refractivity contribution in [1.82, 2.24) is 0 Å². The van der Waals surface area contributed by atoms with Gasteiger partial charge in [-0.3, -0.25) is 4.79 Å². The standard InChI is InChI=1S/C20H21F3N2O2/c1-2-3-4-10-19(27)16-12-15(8-9-17(16)25-18(19)26)24-14-7-5-6-13(11-14)20(21,22)23/h5-9,11-12,24,27H,2-4,10H2,1H3,(H,25,26). The first kappa shape index (κ1) is 19.2. The Morgan fingerprint density at radius 3 is 2.56 bits per heavy atom. The van der Waals surface area contributed by atoms with E-state index in [1.54, 1.807) is 18.2 Å². The van der Waals surface area contributed by atoms with E-state index in [0.717, 1.165) is 25.0 Å². The van der Waals surface area contributed by atoms with Crippen LogP contribution in [0.3, 0.4) is 0 Å². The van der Waals surface area contributed by atoms with Gasteiger partial charge in [-0.1, -0.05) is 25.8 Å². The second-order valence-corrected chi connectivity index (χ2v) is 6.74. The summed E-state index contributed by atoms with van der Waals surface area (Å²) in [6, 6.07) is 9.77. The minimum atomic E-state index is -4.43. The molecule has 0 saturated heterocycles. The smallest absolute Gasteiger partial charge is 0.375 e. The second kappa shape index (κ2) is 7.23. The molecule has 4 nitrogen and oxygen atoms in total. The summed E-state index contributed by atoms with van der Waals surface area (Å²) < 4.78 is 38.6. The molecule has 0 saturated carbocycles. The summed E-state index contributed by atoms with van der Waals surface area (Å²) in [5.74, 6) is -0.468. The van der Waals surface area contributed by atoms with Crippen LogP contribution in [-0.2, 0) is 16.6 Å². The number of rotatable bonds is 6. The third-order valence-electron chi connectivity index (χ3n) is 4.71. The lowest BCUT2D eigenvalue weighted by Crippen LogP contribution is -2.34. The fourth-order valence-corrected chi connectivity index (χ4v) is 3.24. The van der Waals surface area contributed by atoms with Crippen molar-refractivity contribution in [1.29, 1.82) is 0 Å². The number of nitrogens with one attached hydrogen (secondary N) is 2. The number of aliphatic hydroxyl groups is 1. The SMILES string of the molecule is CCCCCC1(O)C(=O)Nc2ccc(Nc3cccc(C(F)(F)F)c3)cc21. The van der Waals surface area contributed by atoms with E-state index in [1.165, 1.54) is 12.1 Å². The van der Waals surface area contributed by atoms with E-state index in [1.807, 2.05) is 6.92 Å². The van der Waals surface area contributed by atoms with Crippen molar-refractivity contribution < 1.29 is 23.1 Å². The summed E-state index contributed by atoms with van der Waals surface area (Å²) in [7, 11) is 0. The van der Waals surface area contributed by atoms with Gasteiger partial charge in [0.1, 0.15) is 0 Å². The van der Waals surface area contributed by atoms with Crippen LogP contribution in [0.2, 0.25) is 0 Å². The number of anilines is 3. The van der Waals surface area contributed by atoms with Crippen LogP contribution < -0.4 is 10.6 Å². The topological polar surface area (TPSA) is 61.4 Å². The number of hydrogen-bond acceptors (Lipinski definition) is 3.